The second-order valence-electron chi connectivity index (χ2n) is 9.80. The van der Waals surface area contributed by atoms with Gasteiger partial charge in [-0.05, 0) is 48.2 Å². The number of nitriles is 2. The van der Waals surface area contributed by atoms with E-state index >= 15 is 4.39 Å². The number of benzene rings is 3. The van der Waals surface area contributed by atoms with Crippen molar-refractivity contribution in [3.8, 4) is 12.1 Å². The molecule has 0 radical (unpaired) electrons. The van der Waals surface area contributed by atoms with Crippen molar-refractivity contribution in [1.82, 2.24) is 20.0 Å². The van der Waals surface area contributed by atoms with Crippen LogP contribution in [-0.4, -0.2) is 20.0 Å². The minimum absolute atomic E-state index is 0.0165. The molecule has 0 spiro atoms. The van der Waals surface area contributed by atoms with E-state index in [1.54, 1.807) is 16.9 Å². The zero-order chi connectivity index (χ0) is 29.3. The largest absolute Gasteiger partial charge is 0.376 e. The Bertz CT molecular complexity index is 1840. The van der Waals surface area contributed by atoms with E-state index in [0.717, 1.165) is 18.4 Å². The number of hydrogen-bond acceptors (Lipinski definition) is 7. The lowest BCUT2D eigenvalue weighted by Crippen LogP contribution is -2.14. The smallest absolute Gasteiger partial charge is 0.151 e. The average Bonchev–Trinajstić information content (AvgIpc) is 3.73. The van der Waals surface area contributed by atoms with Crippen LogP contribution in [0.15, 0.2) is 79.1 Å². The Kier molecular flexibility index (Phi) is 6.64. The highest BCUT2D eigenvalue weighted by Gasteiger charge is 2.27. The number of rotatable bonds is 9. The Balaban J connectivity index is 1.46. The predicted molar refractivity (Wildman–Crippen MR) is 150 cm³/mol. The molecular formula is C31H24F2N8. The molecule has 0 saturated heterocycles. The van der Waals surface area contributed by atoms with Gasteiger partial charge in [0.15, 0.2) is 5.82 Å². The van der Waals surface area contributed by atoms with E-state index < -0.39 is 23.7 Å². The number of hydrogen-bond donors (Lipinski definition) is 2. The number of halogens is 2. The lowest BCUT2D eigenvalue weighted by molar-refractivity contribution is 0.610. The summed E-state index contributed by atoms with van der Waals surface area (Å²) in [6, 6.07) is 19.8. The molecule has 1 fully saturated rings. The predicted octanol–water partition coefficient (Wildman–Crippen LogP) is 6.58. The molecule has 1 saturated carbocycles. The van der Waals surface area contributed by atoms with Crippen molar-refractivity contribution in [2.75, 3.05) is 10.6 Å². The van der Waals surface area contributed by atoms with Crippen molar-refractivity contribution in [3.05, 3.63) is 113 Å². The van der Waals surface area contributed by atoms with Gasteiger partial charge in [0.2, 0.25) is 0 Å². The van der Waals surface area contributed by atoms with Gasteiger partial charge in [0.25, 0.3) is 0 Å². The maximum absolute atomic E-state index is 15.6. The Morgan fingerprint density at radius 2 is 1.80 bits per heavy atom. The van der Waals surface area contributed by atoms with Crippen LogP contribution < -0.4 is 10.6 Å². The molecule has 10 heteroatoms. The van der Waals surface area contributed by atoms with Crippen molar-refractivity contribution in [2.24, 2.45) is 0 Å². The number of pyridine rings is 1. The van der Waals surface area contributed by atoms with Crippen molar-refractivity contribution < 1.29 is 10.2 Å². The third-order valence-electron chi connectivity index (χ3n) is 6.95. The van der Waals surface area contributed by atoms with Gasteiger partial charge in [-0.1, -0.05) is 47.7 Å². The normalized spacial score (nSPS) is 15.3. The maximum atomic E-state index is 15.6. The Labute approximate surface area is 236 Å². The molecule has 2 atom stereocenters. The monoisotopic (exact) mass is 547 g/mol. The van der Waals surface area contributed by atoms with Gasteiger partial charge in [0, 0.05) is 17.3 Å². The Morgan fingerprint density at radius 3 is 2.51 bits per heavy atom. The molecule has 1 aliphatic carbocycles. The van der Waals surface area contributed by atoms with Gasteiger partial charge in [0.05, 0.1) is 49.4 Å². The molecule has 2 heterocycles. The maximum Gasteiger partial charge on any atom is 0.151 e. The summed E-state index contributed by atoms with van der Waals surface area (Å²) in [4.78, 5) is 4.19. The van der Waals surface area contributed by atoms with Crippen molar-refractivity contribution in [2.45, 2.75) is 37.4 Å². The first-order valence-corrected chi connectivity index (χ1v) is 13.1. The molecule has 0 amide bonds. The fourth-order valence-electron chi connectivity index (χ4n) is 4.73. The molecule has 8 nitrogen and oxygen atoms in total. The topological polar surface area (TPSA) is 115 Å². The van der Waals surface area contributed by atoms with Crippen LogP contribution in [0, 0.1) is 34.3 Å². The summed E-state index contributed by atoms with van der Waals surface area (Å²) in [5, 5.41) is 34.5. The molecule has 0 bridgehead atoms. The molecular weight excluding hydrogens is 522 g/mol. The van der Waals surface area contributed by atoms with Crippen LogP contribution in [0.4, 0.5) is 20.2 Å². The zero-order valence-corrected chi connectivity index (χ0v) is 21.7. The summed E-state index contributed by atoms with van der Waals surface area (Å²) >= 11 is 0. The van der Waals surface area contributed by atoms with E-state index in [1.165, 1.54) is 36.5 Å². The second-order valence-corrected chi connectivity index (χ2v) is 9.80. The lowest BCUT2D eigenvalue weighted by atomic mass is 10.0. The molecule has 0 aliphatic heterocycles. The van der Waals surface area contributed by atoms with Gasteiger partial charge in [-0.2, -0.15) is 10.5 Å². The number of nitrogens with one attached hydrogen (secondary N) is 2. The van der Waals surface area contributed by atoms with Crippen molar-refractivity contribution in [3.63, 3.8) is 0 Å². The van der Waals surface area contributed by atoms with Gasteiger partial charge in [-0.3, -0.25) is 4.98 Å². The first-order valence-electron chi connectivity index (χ1n) is 13.6. The third-order valence-corrected chi connectivity index (χ3v) is 6.95. The molecule has 41 heavy (non-hydrogen) atoms. The second kappa shape index (κ2) is 11.0. The molecule has 3 aromatic carbocycles. The molecule has 1 aliphatic rings. The van der Waals surface area contributed by atoms with Gasteiger partial charge < -0.3 is 10.6 Å². The fraction of sp³-hybridized carbons (Fsp3) is 0.194. The van der Waals surface area contributed by atoms with Gasteiger partial charge in [-0.25, -0.2) is 13.5 Å². The van der Waals surface area contributed by atoms with Gasteiger partial charge >= 0.3 is 0 Å². The highest BCUT2D eigenvalue weighted by Crippen LogP contribution is 2.37. The molecule has 202 valence electrons. The Hall–Kier alpha value is -5.35. The van der Waals surface area contributed by atoms with Crippen LogP contribution in [0.1, 0.15) is 61.1 Å². The van der Waals surface area contributed by atoms with Crippen LogP contribution in [0.25, 0.3) is 10.9 Å². The molecule has 6 rings (SSSR count). The summed E-state index contributed by atoms with van der Waals surface area (Å²) in [5.74, 6) is -1.14. The van der Waals surface area contributed by atoms with E-state index in [9.17, 15) is 16.3 Å². The van der Waals surface area contributed by atoms with E-state index in [0.29, 0.717) is 16.6 Å². The summed E-state index contributed by atoms with van der Waals surface area (Å²) in [6.07, 6.45) is 4.99. The van der Waals surface area contributed by atoms with Crippen molar-refractivity contribution >= 4 is 22.3 Å². The van der Waals surface area contributed by atoms with E-state index in [2.05, 4.69) is 38.1 Å². The van der Waals surface area contributed by atoms with Crippen LogP contribution in [0.5, 0.6) is 0 Å². The summed E-state index contributed by atoms with van der Waals surface area (Å²) in [5.41, 5.74) is 2.14. The van der Waals surface area contributed by atoms with Crippen molar-refractivity contribution in [1.29, 1.82) is 10.5 Å². The van der Waals surface area contributed by atoms with E-state index in [-0.39, 0.29) is 34.9 Å². The summed E-state index contributed by atoms with van der Waals surface area (Å²) < 4.78 is 40.6. The highest BCUT2D eigenvalue weighted by molar-refractivity contribution is 5.96. The highest BCUT2D eigenvalue weighted by atomic mass is 19.1. The van der Waals surface area contributed by atoms with E-state index in [1.807, 2.05) is 30.3 Å². The zero-order valence-electron chi connectivity index (χ0n) is 22.7. The number of nitrogens with zero attached hydrogens (tertiary/aromatic N) is 6. The first-order chi connectivity index (χ1) is 20.4. The molecule has 2 N–H and O–H groups in total. The quantitative estimate of drug-likeness (QED) is 0.214. The number of anilines is 2. The average molecular weight is 548 g/mol. The first kappa shape index (κ1) is 24.7. The molecule has 5 aromatic rings. The lowest BCUT2D eigenvalue weighted by Gasteiger charge is -2.22. The molecule has 1 unspecified atom stereocenters. The standard InChI is InChI=1S/C31H24F2N8/c32-22-8-6-20(7-9-22)30(28-18-41(40-39-28)24-10-11-24)37-23-14-25-29(21(16-35)17-36-31(25)26(33)15-23)38-27(12-13-34)19-4-2-1-3-5-19/h1-9,14-15,17-18,24,27,30,37H,10-12H2,(H,36,38)/t27?,30-/m1/s1/i30D. The van der Waals surface area contributed by atoms with Crippen LogP contribution >= 0.6 is 0 Å². The van der Waals surface area contributed by atoms with Crippen LogP contribution in [0.3, 0.4) is 0 Å². The van der Waals surface area contributed by atoms with Gasteiger partial charge in [-0.15, -0.1) is 5.10 Å². The summed E-state index contributed by atoms with van der Waals surface area (Å²) in [6.45, 7) is 0. The third kappa shape index (κ3) is 5.41. The fourth-order valence-corrected chi connectivity index (χ4v) is 4.73. The minimum atomic E-state index is -1.76. The molecule has 2 aromatic heterocycles. The SMILES string of the molecule is [2H][C@@](Nc1cc(F)c2ncc(C#N)c(NC(CC#N)c3ccccc3)c2c1)(c1ccc(F)cc1)c1cn(C2CC2)nn1. The van der Waals surface area contributed by atoms with E-state index in [4.69, 9.17) is 0 Å². The Morgan fingerprint density at radius 1 is 1.02 bits per heavy atom. The number of aromatic nitrogens is 4. The van der Waals surface area contributed by atoms with Crippen LogP contribution in [-0.2, 0) is 0 Å². The number of fused-ring (bicyclic) bond motifs is 1. The van der Waals surface area contributed by atoms with Crippen LogP contribution in [0.2, 0.25) is 0 Å². The summed E-state index contributed by atoms with van der Waals surface area (Å²) in [7, 11) is 0. The minimum Gasteiger partial charge on any atom is -0.376 e. The van der Waals surface area contributed by atoms with Gasteiger partial charge in [0.1, 0.15) is 23.1 Å².